The van der Waals surface area contributed by atoms with Gasteiger partial charge >= 0.3 is 11.9 Å². The molecule has 0 bridgehead atoms. The number of aromatic nitrogens is 2. The third kappa shape index (κ3) is 16.0. The predicted octanol–water partition coefficient (Wildman–Crippen LogP) is 7.07. The molecule has 2 amide bonds. The highest BCUT2D eigenvalue weighted by atomic mass is 79.9. The number of carbonyl (C=O) groups is 4. The standard InChI is InChI=1S/C46H58Br2N6O10/c1-29-31(27-63-45-37(47)23-33(25-49-19-9-15-41(57)58)43(51-45)61-21-17-39(55)53(3)4)11-7-13-35(29)36-14-8-12-32(30(36)2)28-64-46-38(48)24-34(26-50-20-10-16-42(59)60)44(52-46)62-22-18-40(56)54(5)6/h7-8,11-14,23-24,49-50H,9-10,15-22,25-28H2,1-6H3,(H,57,58)(H,59,60). The second-order valence-corrected chi connectivity index (χ2v) is 17.1. The lowest BCUT2D eigenvalue weighted by atomic mass is 9.92. The van der Waals surface area contributed by atoms with Gasteiger partial charge < -0.3 is 49.6 Å². The van der Waals surface area contributed by atoms with Crippen LogP contribution in [-0.2, 0) is 45.5 Å². The predicted molar refractivity (Wildman–Crippen MR) is 249 cm³/mol. The van der Waals surface area contributed by atoms with Crippen LogP contribution < -0.4 is 29.6 Å². The molecule has 0 saturated heterocycles. The minimum absolute atomic E-state index is 0.0601. The molecule has 0 radical (unpaired) electrons. The number of nitrogens with zero attached hydrogens (tertiary/aromatic N) is 4. The summed E-state index contributed by atoms with van der Waals surface area (Å²) in [6.07, 6.45) is 1.40. The van der Waals surface area contributed by atoms with Gasteiger partial charge in [-0.25, -0.2) is 0 Å². The highest BCUT2D eigenvalue weighted by Crippen LogP contribution is 2.35. The number of pyridine rings is 2. The highest BCUT2D eigenvalue weighted by molar-refractivity contribution is 9.10. The Kier molecular flexibility index (Phi) is 20.7. The molecular formula is C46H58Br2N6O10. The number of halogens is 2. The average Bonchev–Trinajstić information content (AvgIpc) is 3.24. The zero-order valence-corrected chi connectivity index (χ0v) is 40.4. The van der Waals surface area contributed by atoms with Gasteiger partial charge in [0, 0.05) is 65.2 Å². The molecule has 0 aliphatic rings. The van der Waals surface area contributed by atoms with E-state index in [0.29, 0.717) is 71.5 Å². The van der Waals surface area contributed by atoms with E-state index in [2.05, 4.69) is 64.6 Å². The van der Waals surface area contributed by atoms with Crippen LogP contribution >= 0.6 is 31.9 Å². The second-order valence-electron chi connectivity index (χ2n) is 15.4. The van der Waals surface area contributed by atoms with E-state index < -0.39 is 11.9 Å². The van der Waals surface area contributed by atoms with Crippen molar-refractivity contribution >= 4 is 55.6 Å². The number of hydrogen-bond acceptors (Lipinski definition) is 12. The number of carboxylic acids is 2. The van der Waals surface area contributed by atoms with Gasteiger partial charge in [0.15, 0.2) is 0 Å². The van der Waals surface area contributed by atoms with Gasteiger partial charge in [0.2, 0.25) is 35.3 Å². The number of rotatable bonds is 27. The summed E-state index contributed by atoms with van der Waals surface area (Å²) in [6.45, 7) is 6.48. The van der Waals surface area contributed by atoms with Gasteiger partial charge in [0.05, 0.1) is 35.0 Å². The molecule has 0 spiro atoms. The number of nitrogens with one attached hydrogen (secondary N) is 2. The Morgan fingerprint density at radius 2 is 0.969 bits per heavy atom. The molecule has 2 aromatic carbocycles. The van der Waals surface area contributed by atoms with Crippen molar-refractivity contribution in [3.8, 4) is 34.6 Å². The zero-order chi connectivity index (χ0) is 46.8. The zero-order valence-electron chi connectivity index (χ0n) is 37.2. The first-order valence-corrected chi connectivity index (χ1v) is 22.5. The lowest BCUT2D eigenvalue weighted by Crippen LogP contribution is -2.23. The SMILES string of the molecule is Cc1c(COc2nc(OCCC(=O)N(C)C)c(CNCCCC(=O)O)cc2Br)cccc1-c1cccc(COc2nc(OCCC(=O)N(C)C)c(CNCCCC(=O)O)cc2Br)c1C. The molecule has 18 heteroatoms. The van der Waals surface area contributed by atoms with E-state index in [0.717, 1.165) is 44.5 Å². The molecule has 0 saturated carbocycles. The number of benzene rings is 2. The molecule has 0 aliphatic heterocycles. The second kappa shape index (κ2) is 25.9. The van der Waals surface area contributed by atoms with Gasteiger partial charge in [0.1, 0.15) is 13.2 Å². The van der Waals surface area contributed by atoms with Crippen molar-refractivity contribution in [3.63, 3.8) is 0 Å². The van der Waals surface area contributed by atoms with E-state index in [1.165, 1.54) is 9.80 Å². The van der Waals surface area contributed by atoms with Crippen molar-refractivity contribution in [2.45, 2.75) is 78.7 Å². The fourth-order valence-electron chi connectivity index (χ4n) is 6.34. The van der Waals surface area contributed by atoms with E-state index in [9.17, 15) is 19.2 Å². The summed E-state index contributed by atoms with van der Waals surface area (Å²) < 4.78 is 25.8. The summed E-state index contributed by atoms with van der Waals surface area (Å²) in [6, 6.07) is 15.8. The van der Waals surface area contributed by atoms with Crippen LogP contribution in [0.1, 0.15) is 71.9 Å². The van der Waals surface area contributed by atoms with Crippen LogP contribution in [0.3, 0.4) is 0 Å². The van der Waals surface area contributed by atoms with Gasteiger partial charge in [-0.05, 0) is 117 Å². The van der Waals surface area contributed by atoms with Crippen LogP contribution in [0.5, 0.6) is 23.5 Å². The van der Waals surface area contributed by atoms with Crippen LogP contribution in [0.25, 0.3) is 11.1 Å². The van der Waals surface area contributed by atoms with E-state index in [1.807, 2.05) is 50.2 Å². The fourth-order valence-corrected chi connectivity index (χ4v) is 7.30. The van der Waals surface area contributed by atoms with Crippen LogP contribution in [0, 0.1) is 13.8 Å². The summed E-state index contributed by atoms with van der Waals surface area (Å²) >= 11 is 7.22. The minimum Gasteiger partial charge on any atom is -0.481 e. The van der Waals surface area contributed by atoms with Crippen LogP contribution in [0.2, 0.25) is 0 Å². The fraction of sp³-hybridized carbons (Fsp3) is 0.435. The first kappa shape index (κ1) is 51.3. The Morgan fingerprint density at radius 3 is 1.33 bits per heavy atom. The summed E-state index contributed by atoms with van der Waals surface area (Å²) in [5.41, 5.74) is 7.43. The largest absolute Gasteiger partial charge is 0.481 e. The number of carbonyl (C=O) groups excluding carboxylic acids is 2. The Bertz CT molecular complexity index is 2080. The van der Waals surface area contributed by atoms with Gasteiger partial charge in [-0.2, -0.15) is 9.97 Å². The maximum absolute atomic E-state index is 12.2. The molecule has 4 aromatic rings. The summed E-state index contributed by atoms with van der Waals surface area (Å²) in [4.78, 5) is 58.7. The van der Waals surface area contributed by atoms with Crippen molar-refractivity contribution < 1.29 is 48.3 Å². The van der Waals surface area contributed by atoms with Crippen molar-refractivity contribution in [2.75, 3.05) is 54.5 Å². The van der Waals surface area contributed by atoms with Gasteiger partial charge in [-0.15, -0.1) is 0 Å². The first-order chi connectivity index (χ1) is 30.5. The third-order valence-electron chi connectivity index (χ3n) is 10.1. The molecule has 4 N–H and O–H groups in total. The molecule has 64 heavy (non-hydrogen) atoms. The Hall–Kier alpha value is -5.30. The number of amides is 2. The van der Waals surface area contributed by atoms with E-state index in [1.54, 1.807) is 28.2 Å². The number of ether oxygens (including phenoxy) is 4. The molecule has 0 unspecified atom stereocenters. The normalized spacial score (nSPS) is 10.9. The topological polar surface area (TPSA) is 202 Å². The molecule has 0 atom stereocenters. The lowest BCUT2D eigenvalue weighted by Gasteiger charge is -2.18. The molecule has 0 aliphatic carbocycles. The van der Waals surface area contributed by atoms with Crippen molar-refractivity contribution in [3.05, 3.63) is 90.9 Å². The highest BCUT2D eigenvalue weighted by Gasteiger charge is 2.19. The van der Waals surface area contributed by atoms with Crippen LogP contribution in [0.4, 0.5) is 0 Å². The summed E-state index contributed by atoms with van der Waals surface area (Å²) in [7, 11) is 6.74. The molecular weight excluding hydrogens is 956 g/mol. The van der Waals surface area contributed by atoms with E-state index in [-0.39, 0.29) is 63.9 Å². The number of carboxylic acid groups (broad SMARTS) is 2. The molecule has 2 heterocycles. The van der Waals surface area contributed by atoms with Crippen molar-refractivity contribution in [1.82, 2.24) is 30.4 Å². The quantitative estimate of drug-likeness (QED) is 0.0442. The number of hydrogen-bond donors (Lipinski definition) is 4. The molecule has 2 aromatic heterocycles. The Balaban J connectivity index is 1.50. The molecule has 4 rings (SSSR count). The van der Waals surface area contributed by atoms with Gasteiger partial charge in [0.25, 0.3) is 0 Å². The molecule has 16 nitrogen and oxygen atoms in total. The average molecular weight is 1010 g/mol. The molecule has 0 fully saturated rings. The van der Waals surface area contributed by atoms with Crippen molar-refractivity contribution in [1.29, 1.82) is 0 Å². The Morgan fingerprint density at radius 1 is 0.578 bits per heavy atom. The maximum atomic E-state index is 12.2. The van der Waals surface area contributed by atoms with Crippen LogP contribution in [0.15, 0.2) is 57.5 Å². The van der Waals surface area contributed by atoms with Crippen molar-refractivity contribution in [2.24, 2.45) is 0 Å². The maximum Gasteiger partial charge on any atom is 0.303 e. The Labute approximate surface area is 391 Å². The van der Waals surface area contributed by atoms with E-state index >= 15 is 0 Å². The number of aliphatic carboxylic acids is 2. The molecule has 346 valence electrons. The third-order valence-corrected chi connectivity index (χ3v) is 11.2. The monoisotopic (exact) mass is 1010 g/mol. The van der Waals surface area contributed by atoms with Gasteiger partial charge in [-0.3, -0.25) is 19.2 Å². The lowest BCUT2D eigenvalue weighted by molar-refractivity contribution is -0.138. The smallest absolute Gasteiger partial charge is 0.303 e. The van der Waals surface area contributed by atoms with E-state index in [4.69, 9.17) is 29.2 Å². The summed E-state index contributed by atoms with van der Waals surface area (Å²) in [5.74, 6) is -0.592. The first-order valence-electron chi connectivity index (χ1n) is 20.9. The van der Waals surface area contributed by atoms with Gasteiger partial charge in [-0.1, -0.05) is 36.4 Å². The van der Waals surface area contributed by atoms with Crippen LogP contribution in [-0.4, -0.2) is 108 Å². The minimum atomic E-state index is -0.852. The summed E-state index contributed by atoms with van der Waals surface area (Å²) in [5, 5.41) is 24.4.